The van der Waals surface area contributed by atoms with Crippen LogP contribution in [0.4, 0.5) is 0 Å². The van der Waals surface area contributed by atoms with Gasteiger partial charge in [0.1, 0.15) is 6.61 Å². The first-order valence-corrected chi connectivity index (χ1v) is 6.23. The normalized spacial score (nSPS) is 12.1. The van der Waals surface area contributed by atoms with Crippen LogP contribution in [0.3, 0.4) is 0 Å². The van der Waals surface area contributed by atoms with Gasteiger partial charge in [0.2, 0.25) is 0 Å². The van der Waals surface area contributed by atoms with E-state index in [1.165, 1.54) is 0 Å². The minimum Gasteiger partial charge on any atom is -0.460 e. The van der Waals surface area contributed by atoms with E-state index in [9.17, 15) is 4.79 Å². The second kappa shape index (κ2) is 7.85. The number of ether oxygens (including phenoxy) is 1. The van der Waals surface area contributed by atoms with E-state index in [1.807, 2.05) is 18.2 Å². The van der Waals surface area contributed by atoms with Gasteiger partial charge >= 0.3 is 5.97 Å². The number of hydrogen-bond donors (Lipinski definition) is 1. The first-order chi connectivity index (χ1) is 8.27. The van der Waals surface area contributed by atoms with Crippen LogP contribution in [0.25, 0.3) is 0 Å². The summed E-state index contributed by atoms with van der Waals surface area (Å²) in [5, 5.41) is 3.35. The predicted molar refractivity (Wildman–Crippen MR) is 69.1 cm³/mol. The summed E-state index contributed by atoms with van der Waals surface area (Å²) in [7, 11) is 0. The molecule has 0 aromatic heterocycles. The van der Waals surface area contributed by atoms with Gasteiger partial charge in [-0.05, 0) is 31.5 Å². The number of rotatable bonds is 7. The van der Waals surface area contributed by atoms with Gasteiger partial charge < -0.3 is 10.1 Å². The molecule has 1 rings (SSSR count). The molecule has 17 heavy (non-hydrogen) atoms. The molecule has 3 heteroatoms. The molecule has 3 nitrogen and oxygen atoms in total. The SMILES string of the molecule is CCCNC(CC)COC(=O)c1ccccc1. The van der Waals surface area contributed by atoms with Crippen molar-refractivity contribution in [2.24, 2.45) is 0 Å². The Labute approximate surface area is 103 Å². The number of nitrogens with one attached hydrogen (secondary N) is 1. The Morgan fingerprint density at radius 2 is 2.00 bits per heavy atom. The summed E-state index contributed by atoms with van der Waals surface area (Å²) in [6.45, 7) is 5.60. The van der Waals surface area contributed by atoms with Crippen molar-refractivity contribution < 1.29 is 9.53 Å². The zero-order valence-electron chi connectivity index (χ0n) is 10.6. The van der Waals surface area contributed by atoms with E-state index in [2.05, 4.69) is 19.2 Å². The molecule has 0 saturated heterocycles. The van der Waals surface area contributed by atoms with Crippen LogP contribution in [-0.2, 0) is 4.74 Å². The molecule has 0 spiro atoms. The van der Waals surface area contributed by atoms with Crippen molar-refractivity contribution in [1.29, 1.82) is 0 Å². The van der Waals surface area contributed by atoms with Crippen LogP contribution in [0.2, 0.25) is 0 Å². The van der Waals surface area contributed by atoms with Crippen molar-refractivity contribution >= 4 is 5.97 Å². The molecule has 1 atom stereocenters. The summed E-state index contributed by atoms with van der Waals surface area (Å²) in [6.07, 6.45) is 2.05. The maximum Gasteiger partial charge on any atom is 0.338 e. The molecule has 0 bridgehead atoms. The molecule has 1 unspecified atom stereocenters. The number of esters is 1. The van der Waals surface area contributed by atoms with E-state index in [-0.39, 0.29) is 12.0 Å². The van der Waals surface area contributed by atoms with E-state index in [4.69, 9.17) is 4.74 Å². The van der Waals surface area contributed by atoms with Crippen molar-refractivity contribution in [2.45, 2.75) is 32.7 Å². The van der Waals surface area contributed by atoms with Crippen molar-refractivity contribution in [3.05, 3.63) is 35.9 Å². The average Bonchev–Trinajstić information content (AvgIpc) is 2.39. The molecule has 0 aliphatic heterocycles. The molecule has 0 fully saturated rings. The zero-order chi connectivity index (χ0) is 12.5. The van der Waals surface area contributed by atoms with Crippen LogP contribution in [0, 0.1) is 0 Å². The number of carbonyl (C=O) groups is 1. The highest BCUT2D eigenvalue weighted by Gasteiger charge is 2.10. The van der Waals surface area contributed by atoms with Crippen molar-refractivity contribution in [3.8, 4) is 0 Å². The number of benzene rings is 1. The molecule has 94 valence electrons. The quantitative estimate of drug-likeness (QED) is 0.738. The summed E-state index contributed by atoms with van der Waals surface area (Å²) in [4.78, 5) is 11.7. The van der Waals surface area contributed by atoms with Gasteiger partial charge in [-0.2, -0.15) is 0 Å². The van der Waals surface area contributed by atoms with Crippen LogP contribution in [0.5, 0.6) is 0 Å². The lowest BCUT2D eigenvalue weighted by Crippen LogP contribution is -2.34. The van der Waals surface area contributed by atoms with Gasteiger partial charge in [0, 0.05) is 6.04 Å². The first kappa shape index (κ1) is 13.7. The molecule has 0 aliphatic rings. The molecule has 1 aromatic rings. The van der Waals surface area contributed by atoms with Gasteiger partial charge in [-0.1, -0.05) is 32.0 Å². The summed E-state index contributed by atoms with van der Waals surface area (Å²) < 4.78 is 5.28. The number of hydrogen-bond acceptors (Lipinski definition) is 3. The second-order valence-electron chi connectivity index (χ2n) is 4.02. The van der Waals surface area contributed by atoms with E-state index < -0.39 is 0 Å². The zero-order valence-corrected chi connectivity index (χ0v) is 10.6. The Kier molecular flexibility index (Phi) is 6.33. The third kappa shape index (κ3) is 5.00. The summed E-state index contributed by atoms with van der Waals surface area (Å²) in [5.41, 5.74) is 0.609. The standard InChI is InChI=1S/C14H21NO2/c1-3-10-15-13(4-2)11-17-14(16)12-8-6-5-7-9-12/h5-9,13,15H,3-4,10-11H2,1-2H3. The molecular weight excluding hydrogens is 214 g/mol. The lowest BCUT2D eigenvalue weighted by Gasteiger charge is -2.16. The Morgan fingerprint density at radius 1 is 1.29 bits per heavy atom. The monoisotopic (exact) mass is 235 g/mol. The fraction of sp³-hybridized carbons (Fsp3) is 0.500. The minimum absolute atomic E-state index is 0.248. The summed E-state index contributed by atoms with van der Waals surface area (Å²) >= 11 is 0. The van der Waals surface area contributed by atoms with E-state index >= 15 is 0 Å². The van der Waals surface area contributed by atoms with Gasteiger partial charge in [-0.25, -0.2) is 4.79 Å². The summed E-state index contributed by atoms with van der Waals surface area (Å²) in [6, 6.07) is 9.34. The third-order valence-electron chi connectivity index (χ3n) is 2.60. The Morgan fingerprint density at radius 3 is 2.59 bits per heavy atom. The lowest BCUT2D eigenvalue weighted by atomic mass is 10.2. The molecular formula is C14H21NO2. The van der Waals surface area contributed by atoms with Gasteiger partial charge in [0.05, 0.1) is 5.56 Å². The highest BCUT2D eigenvalue weighted by Crippen LogP contribution is 2.02. The lowest BCUT2D eigenvalue weighted by molar-refractivity contribution is 0.0463. The molecule has 1 N–H and O–H groups in total. The van der Waals surface area contributed by atoms with Crippen LogP contribution < -0.4 is 5.32 Å². The molecule has 0 amide bonds. The summed E-state index contributed by atoms with van der Waals surface area (Å²) in [5.74, 6) is -0.248. The second-order valence-corrected chi connectivity index (χ2v) is 4.02. The highest BCUT2D eigenvalue weighted by atomic mass is 16.5. The largest absolute Gasteiger partial charge is 0.460 e. The molecule has 1 aromatic carbocycles. The van der Waals surface area contributed by atoms with Gasteiger partial charge in [0.25, 0.3) is 0 Å². The minimum atomic E-state index is -0.248. The fourth-order valence-corrected chi connectivity index (χ4v) is 1.50. The Hall–Kier alpha value is -1.35. The molecule has 0 saturated carbocycles. The Balaban J connectivity index is 2.36. The average molecular weight is 235 g/mol. The van der Waals surface area contributed by atoms with Gasteiger partial charge in [0.15, 0.2) is 0 Å². The van der Waals surface area contributed by atoms with Crippen molar-refractivity contribution in [3.63, 3.8) is 0 Å². The van der Waals surface area contributed by atoms with Gasteiger partial charge in [-0.3, -0.25) is 0 Å². The predicted octanol–water partition coefficient (Wildman–Crippen LogP) is 2.62. The smallest absolute Gasteiger partial charge is 0.338 e. The first-order valence-electron chi connectivity index (χ1n) is 6.23. The number of carbonyl (C=O) groups excluding carboxylic acids is 1. The van der Waals surface area contributed by atoms with Crippen molar-refractivity contribution in [1.82, 2.24) is 5.32 Å². The topological polar surface area (TPSA) is 38.3 Å². The third-order valence-corrected chi connectivity index (χ3v) is 2.60. The highest BCUT2D eigenvalue weighted by molar-refractivity contribution is 5.89. The Bertz CT molecular complexity index is 324. The van der Waals surface area contributed by atoms with Crippen LogP contribution >= 0.6 is 0 Å². The van der Waals surface area contributed by atoms with E-state index in [1.54, 1.807) is 12.1 Å². The van der Waals surface area contributed by atoms with E-state index in [0.717, 1.165) is 19.4 Å². The van der Waals surface area contributed by atoms with Gasteiger partial charge in [-0.15, -0.1) is 0 Å². The fourth-order valence-electron chi connectivity index (χ4n) is 1.50. The van der Waals surface area contributed by atoms with Crippen molar-refractivity contribution in [2.75, 3.05) is 13.2 Å². The van der Waals surface area contributed by atoms with Crippen LogP contribution in [0.1, 0.15) is 37.0 Å². The molecule has 0 radical (unpaired) electrons. The maximum atomic E-state index is 11.7. The molecule has 0 aliphatic carbocycles. The molecule has 0 heterocycles. The maximum absolute atomic E-state index is 11.7. The van der Waals surface area contributed by atoms with E-state index in [0.29, 0.717) is 12.2 Å². The van der Waals surface area contributed by atoms with Crippen LogP contribution in [-0.4, -0.2) is 25.2 Å². The van der Waals surface area contributed by atoms with Crippen LogP contribution in [0.15, 0.2) is 30.3 Å².